The van der Waals surface area contributed by atoms with Crippen molar-refractivity contribution in [3.8, 4) is 0 Å². The molecule has 3 rings (SSSR count). The maximum Gasteiger partial charge on any atom is 0.106 e. The molecular formula is C17H17BrN2S. The molecule has 1 unspecified atom stereocenters. The number of benzene rings is 2. The highest BCUT2D eigenvalue weighted by atomic mass is 79.9. The Morgan fingerprint density at radius 1 is 1.19 bits per heavy atom. The fourth-order valence-corrected chi connectivity index (χ4v) is 3.43. The van der Waals surface area contributed by atoms with E-state index in [-0.39, 0.29) is 0 Å². The summed E-state index contributed by atoms with van der Waals surface area (Å²) in [5.41, 5.74) is 10.7. The maximum absolute atomic E-state index is 5.82. The zero-order valence-corrected chi connectivity index (χ0v) is 14.0. The second kappa shape index (κ2) is 6.16. The van der Waals surface area contributed by atoms with Gasteiger partial charge in [-0.15, -0.1) is 0 Å². The van der Waals surface area contributed by atoms with E-state index in [1.807, 2.05) is 12.1 Å². The summed E-state index contributed by atoms with van der Waals surface area (Å²) in [7, 11) is 0. The van der Waals surface area contributed by atoms with Crippen LogP contribution in [0.5, 0.6) is 0 Å². The Hall–Kier alpha value is -1.39. The Balaban J connectivity index is 1.82. The molecule has 21 heavy (non-hydrogen) atoms. The first-order chi connectivity index (χ1) is 10.1. The van der Waals surface area contributed by atoms with Crippen LogP contribution < -0.4 is 11.1 Å². The van der Waals surface area contributed by atoms with Crippen LogP contribution in [0.25, 0.3) is 0 Å². The van der Waals surface area contributed by atoms with Gasteiger partial charge in [0, 0.05) is 21.8 Å². The minimum absolute atomic E-state index is 0.419. The third kappa shape index (κ3) is 3.27. The van der Waals surface area contributed by atoms with Crippen LogP contribution in [0.2, 0.25) is 0 Å². The summed E-state index contributed by atoms with van der Waals surface area (Å²) in [6, 6.07) is 15.1. The quantitative estimate of drug-likeness (QED) is 0.810. The van der Waals surface area contributed by atoms with E-state index in [4.69, 9.17) is 18.0 Å². The number of fused-ring (bicyclic) bond motifs is 1. The van der Waals surface area contributed by atoms with Gasteiger partial charge in [0.15, 0.2) is 0 Å². The molecule has 0 spiro atoms. The van der Waals surface area contributed by atoms with Gasteiger partial charge in [0.2, 0.25) is 0 Å². The first-order valence-corrected chi connectivity index (χ1v) is 8.26. The van der Waals surface area contributed by atoms with Crippen LogP contribution in [-0.4, -0.2) is 11.0 Å². The highest BCUT2D eigenvalue weighted by molar-refractivity contribution is 9.10. The van der Waals surface area contributed by atoms with Crippen molar-refractivity contribution < 1.29 is 0 Å². The minimum Gasteiger partial charge on any atom is -0.389 e. The fraction of sp³-hybridized carbons (Fsp3) is 0.235. The van der Waals surface area contributed by atoms with Crippen LogP contribution >= 0.6 is 28.1 Å². The molecule has 1 aliphatic rings. The minimum atomic E-state index is 0.419. The summed E-state index contributed by atoms with van der Waals surface area (Å²) < 4.78 is 1.03. The molecule has 0 bridgehead atoms. The number of hydrogen-bond donors (Lipinski definition) is 2. The Kier molecular flexibility index (Phi) is 4.27. The van der Waals surface area contributed by atoms with Gasteiger partial charge in [0.1, 0.15) is 4.99 Å². The van der Waals surface area contributed by atoms with Crippen molar-refractivity contribution in [2.24, 2.45) is 5.73 Å². The number of rotatable bonds is 3. The highest BCUT2D eigenvalue weighted by Crippen LogP contribution is 2.27. The van der Waals surface area contributed by atoms with Crippen molar-refractivity contribution >= 4 is 38.8 Å². The zero-order chi connectivity index (χ0) is 14.8. The van der Waals surface area contributed by atoms with E-state index in [0.717, 1.165) is 35.0 Å². The summed E-state index contributed by atoms with van der Waals surface area (Å²) >= 11 is 8.66. The summed E-state index contributed by atoms with van der Waals surface area (Å²) in [6.45, 7) is 0. The van der Waals surface area contributed by atoms with E-state index in [1.54, 1.807) is 0 Å². The molecule has 0 aliphatic heterocycles. The molecule has 1 aliphatic carbocycles. The normalized spacial score (nSPS) is 17.1. The predicted octanol–water partition coefficient (Wildman–Crippen LogP) is 4.05. The summed E-state index contributed by atoms with van der Waals surface area (Å²) in [5, 5.41) is 3.62. The molecule has 3 N–H and O–H groups in total. The van der Waals surface area contributed by atoms with Gasteiger partial charge in [-0.05, 0) is 48.6 Å². The van der Waals surface area contributed by atoms with E-state index in [0.29, 0.717) is 11.0 Å². The number of thiocarbonyl (C=S) groups is 1. The Morgan fingerprint density at radius 3 is 2.71 bits per heavy atom. The number of nitrogens with two attached hydrogens (primary N) is 1. The molecule has 0 saturated carbocycles. The lowest BCUT2D eigenvalue weighted by Gasteiger charge is -2.27. The summed E-state index contributed by atoms with van der Waals surface area (Å²) in [6.07, 6.45) is 3.28. The van der Waals surface area contributed by atoms with E-state index in [2.05, 4.69) is 51.6 Å². The average molecular weight is 361 g/mol. The van der Waals surface area contributed by atoms with Gasteiger partial charge in [-0.3, -0.25) is 0 Å². The van der Waals surface area contributed by atoms with Gasteiger partial charge in [-0.25, -0.2) is 0 Å². The Morgan fingerprint density at radius 2 is 1.95 bits per heavy atom. The predicted molar refractivity (Wildman–Crippen MR) is 95.9 cm³/mol. The van der Waals surface area contributed by atoms with Gasteiger partial charge in [-0.1, -0.05) is 52.4 Å². The second-order valence-electron chi connectivity index (χ2n) is 5.41. The third-order valence-corrected chi connectivity index (χ3v) is 4.67. The molecule has 2 nitrogen and oxygen atoms in total. The second-order valence-corrected chi connectivity index (χ2v) is 6.76. The Labute approximate surface area is 138 Å². The van der Waals surface area contributed by atoms with E-state index in [1.165, 1.54) is 11.1 Å². The van der Waals surface area contributed by atoms with Gasteiger partial charge in [0.25, 0.3) is 0 Å². The standard InChI is InChI=1S/C17H17BrN2S/c18-13-6-8-15(17(19)21)16(10-13)20-14-7-5-11-3-1-2-4-12(11)9-14/h1-4,6,8,10,14,20H,5,7,9H2,(H2,19,21). The molecule has 2 aromatic rings. The monoisotopic (exact) mass is 360 g/mol. The molecule has 0 fully saturated rings. The van der Waals surface area contributed by atoms with Crippen molar-refractivity contribution in [1.82, 2.24) is 0 Å². The van der Waals surface area contributed by atoms with Crippen molar-refractivity contribution in [1.29, 1.82) is 0 Å². The van der Waals surface area contributed by atoms with Gasteiger partial charge in [-0.2, -0.15) is 0 Å². The lowest BCUT2D eigenvalue weighted by atomic mass is 9.88. The number of hydrogen-bond acceptors (Lipinski definition) is 2. The average Bonchev–Trinajstić information content (AvgIpc) is 2.47. The topological polar surface area (TPSA) is 38.0 Å². The van der Waals surface area contributed by atoms with E-state index < -0.39 is 0 Å². The van der Waals surface area contributed by atoms with Crippen LogP contribution in [0, 0.1) is 0 Å². The van der Waals surface area contributed by atoms with Crippen LogP contribution in [0.3, 0.4) is 0 Å². The summed E-state index contributed by atoms with van der Waals surface area (Å²) in [4.78, 5) is 0.432. The van der Waals surface area contributed by atoms with Gasteiger partial charge >= 0.3 is 0 Å². The molecule has 0 heterocycles. The highest BCUT2D eigenvalue weighted by Gasteiger charge is 2.19. The molecular weight excluding hydrogens is 344 g/mol. The van der Waals surface area contributed by atoms with Gasteiger partial charge in [0.05, 0.1) is 0 Å². The third-order valence-electron chi connectivity index (χ3n) is 3.95. The molecule has 0 amide bonds. The van der Waals surface area contributed by atoms with Crippen molar-refractivity contribution in [3.05, 3.63) is 63.6 Å². The van der Waals surface area contributed by atoms with Gasteiger partial charge < -0.3 is 11.1 Å². The fourth-order valence-electron chi connectivity index (χ4n) is 2.89. The Bertz CT molecular complexity index is 684. The summed E-state index contributed by atoms with van der Waals surface area (Å²) in [5.74, 6) is 0. The first-order valence-electron chi connectivity index (χ1n) is 7.06. The van der Waals surface area contributed by atoms with Crippen LogP contribution in [-0.2, 0) is 12.8 Å². The number of nitrogens with one attached hydrogen (secondary N) is 1. The SMILES string of the molecule is NC(=S)c1ccc(Br)cc1NC1CCc2ccccc2C1. The van der Waals surface area contributed by atoms with Crippen molar-refractivity contribution in [2.45, 2.75) is 25.3 Å². The number of aryl methyl sites for hydroxylation is 1. The van der Waals surface area contributed by atoms with E-state index in [9.17, 15) is 0 Å². The van der Waals surface area contributed by atoms with E-state index >= 15 is 0 Å². The first kappa shape index (κ1) is 14.5. The molecule has 1 atom stereocenters. The largest absolute Gasteiger partial charge is 0.389 e. The van der Waals surface area contributed by atoms with Crippen LogP contribution in [0.1, 0.15) is 23.1 Å². The maximum atomic E-state index is 5.82. The molecule has 4 heteroatoms. The van der Waals surface area contributed by atoms with Crippen molar-refractivity contribution in [2.75, 3.05) is 5.32 Å². The van der Waals surface area contributed by atoms with Crippen molar-refractivity contribution in [3.63, 3.8) is 0 Å². The lowest BCUT2D eigenvalue weighted by Crippen LogP contribution is -2.28. The molecule has 108 valence electrons. The number of anilines is 1. The zero-order valence-electron chi connectivity index (χ0n) is 11.6. The molecule has 0 aromatic heterocycles. The smallest absolute Gasteiger partial charge is 0.106 e. The number of halogens is 1. The molecule has 0 radical (unpaired) electrons. The van der Waals surface area contributed by atoms with Crippen LogP contribution in [0.4, 0.5) is 5.69 Å². The van der Waals surface area contributed by atoms with Crippen LogP contribution in [0.15, 0.2) is 46.9 Å². The lowest BCUT2D eigenvalue weighted by molar-refractivity contribution is 0.611. The molecule has 2 aromatic carbocycles. The molecule has 0 saturated heterocycles.